The van der Waals surface area contributed by atoms with Gasteiger partial charge in [0.15, 0.2) is 11.5 Å². The molecule has 1 amide bonds. The Hall–Kier alpha value is -3.72. The van der Waals surface area contributed by atoms with Gasteiger partial charge in [0.2, 0.25) is 0 Å². The summed E-state index contributed by atoms with van der Waals surface area (Å²) in [4.78, 5) is 28.1. The molecule has 2 aromatic carbocycles. The number of hydrogen-bond acceptors (Lipinski definition) is 8. The summed E-state index contributed by atoms with van der Waals surface area (Å²) < 4.78 is 27.9. The van der Waals surface area contributed by atoms with E-state index in [9.17, 15) is 14.7 Å². The Morgan fingerprint density at radius 1 is 1.03 bits per heavy atom. The van der Waals surface area contributed by atoms with Crippen LogP contribution in [-0.4, -0.2) is 68.4 Å². The van der Waals surface area contributed by atoms with E-state index in [2.05, 4.69) is 0 Å². The molecule has 0 aliphatic carbocycles. The summed E-state index contributed by atoms with van der Waals surface area (Å²) in [6.45, 7) is 1.64. The molecule has 3 aliphatic rings. The second-order valence-electron chi connectivity index (χ2n) is 8.55. The van der Waals surface area contributed by atoms with Crippen molar-refractivity contribution in [2.24, 2.45) is 0 Å². The van der Waals surface area contributed by atoms with E-state index in [0.717, 1.165) is 12.8 Å². The first-order valence-corrected chi connectivity index (χ1v) is 11.5. The summed E-state index contributed by atoms with van der Waals surface area (Å²) in [5.41, 5.74) is 0.843. The van der Waals surface area contributed by atoms with E-state index in [1.807, 2.05) is 0 Å². The number of aliphatic hydroxyl groups excluding tert-OH is 1. The number of likely N-dealkylation sites (tertiary alicyclic amines) is 1. The number of carbonyl (C=O) groups excluding carboxylic acids is 2. The quantitative estimate of drug-likeness (QED) is 0.382. The normalized spacial score (nSPS) is 23.0. The van der Waals surface area contributed by atoms with Crippen molar-refractivity contribution in [1.82, 2.24) is 4.90 Å². The first-order chi connectivity index (χ1) is 17.0. The summed E-state index contributed by atoms with van der Waals surface area (Å²) in [6.07, 6.45) is 1.48. The van der Waals surface area contributed by atoms with Crippen LogP contribution in [0.1, 0.15) is 30.0 Å². The summed E-state index contributed by atoms with van der Waals surface area (Å²) in [5, 5.41) is 11.4. The smallest absolute Gasteiger partial charge is 0.295 e. The van der Waals surface area contributed by atoms with Crippen molar-refractivity contribution in [3.63, 3.8) is 0 Å². The number of carbonyl (C=O) groups is 2. The highest BCUT2D eigenvalue weighted by Gasteiger charge is 2.48. The van der Waals surface area contributed by atoms with Crippen molar-refractivity contribution < 1.29 is 38.4 Å². The summed E-state index contributed by atoms with van der Waals surface area (Å²) >= 11 is 0. The highest BCUT2D eigenvalue weighted by Crippen LogP contribution is 2.45. The number of rotatable bonds is 6. The molecule has 0 spiro atoms. The van der Waals surface area contributed by atoms with E-state index >= 15 is 0 Å². The minimum atomic E-state index is -0.891. The van der Waals surface area contributed by atoms with Crippen molar-refractivity contribution in [3.8, 4) is 23.0 Å². The summed E-state index contributed by atoms with van der Waals surface area (Å²) in [5.74, 6) is 0.234. The lowest BCUT2D eigenvalue weighted by molar-refractivity contribution is -0.140. The lowest BCUT2D eigenvalue weighted by atomic mass is 9.94. The zero-order valence-corrected chi connectivity index (χ0v) is 19.6. The first kappa shape index (κ1) is 23.0. The number of benzene rings is 2. The van der Waals surface area contributed by atoms with Gasteiger partial charge in [-0.15, -0.1) is 0 Å². The van der Waals surface area contributed by atoms with Crippen LogP contribution in [0.25, 0.3) is 5.76 Å². The predicted molar refractivity (Wildman–Crippen MR) is 125 cm³/mol. The van der Waals surface area contributed by atoms with Crippen LogP contribution in [0.4, 0.5) is 0 Å². The molecule has 2 saturated heterocycles. The van der Waals surface area contributed by atoms with Gasteiger partial charge in [0, 0.05) is 24.3 Å². The molecule has 0 bridgehead atoms. The van der Waals surface area contributed by atoms with Crippen molar-refractivity contribution >= 4 is 17.4 Å². The zero-order chi connectivity index (χ0) is 24.5. The monoisotopic (exact) mass is 481 g/mol. The second-order valence-corrected chi connectivity index (χ2v) is 8.55. The topological polar surface area (TPSA) is 104 Å². The number of methoxy groups -OCH3 is 2. The first-order valence-electron chi connectivity index (χ1n) is 11.5. The maximum absolute atomic E-state index is 13.4. The van der Waals surface area contributed by atoms with E-state index in [1.54, 1.807) is 36.4 Å². The molecule has 9 heteroatoms. The number of amides is 1. The van der Waals surface area contributed by atoms with Crippen LogP contribution in [0.15, 0.2) is 42.0 Å². The lowest BCUT2D eigenvalue weighted by Crippen LogP contribution is -2.36. The van der Waals surface area contributed by atoms with Gasteiger partial charge >= 0.3 is 0 Å². The molecular formula is C26H27NO8. The Morgan fingerprint density at radius 3 is 2.54 bits per heavy atom. The largest absolute Gasteiger partial charge is 0.507 e. The van der Waals surface area contributed by atoms with Crippen LogP contribution in [0, 0.1) is 0 Å². The molecule has 1 N–H and O–H groups in total. The van der Waals surface area contributed by atoms with Gasteiger partial charge in [-0.2, -0.15) is 0 Å². The van der Waals surface area contributed by atoms with Gasteiger partial charge in [-0.3, -0.25) is 9.59 Å². The molecule has 2 atom stereocenters. The van der Waals surface area contributed by atoms with E-state index in [-0.39, 0.29) is 24.0 Å². The molecule has 0 aromatic heterocycles. The minimum Gasteiger partial charge on any atom is -0.507 e. The van der Waals surface area contributed by atoms with Crippen LogP contribution < -0.4 is 18.9 Å². The zero-order valence-electron chi connectivity index (χ0n) is 19.6. The number of aliphatic hydroxyl groups is 1. The Balaban J connectivity index is 1.66. The number of fused-ring (bicyclic) bond motifs is 1. The third kappa shape index (κ3) is 4.16. The maximum Gasteiger partial charge on any atom is 0.295 e. The third-order valence-electron chi connectivity index (χ3n) is 6.51. The SMILES string of the molecule is COc1ccc(OC)c([C@@H]2C(=C(O)c3ccc4c(c3)OCCO4)C(=O)C(=O)N2C[C@H]2CCCO2)c1. The van der Waals surface area contributed by atoms with Gasteiger partial charge in [-0.25, -0.2) is 0 Å². The van der Waals surface area contributed by atoms with Crippen LogP contribution in [0.5, 0.6) is 23.0 Å². The minimum absolute atomic E-state index is 0.0313. The van der Waals surface area contributed by atoms with Gasteiger partial charge in [0.25, 0.3) is 11.7 Å². The van der Waals surface area contributed by atoms with Crippen LogP contribution >= 0.6 is 0 Å². The molecule has 184 valence electrons. The Labute approximate surface area is 202 Å². The fourth-order valence-electron chi connectivity index (χ4n) is 4.80. The van der Waals surface area contributed by atoms with Gasteiger partial charge in [-0.05, 0) is 49.2 Å². The molecule has 2 fully saturated rings. The number of hydrogen-bond donors (Lipinski definition) is 1. The van der Waals surface area contributed by atoms with E-state index < -0.39 is 17.7 Å². The van der Waals surface area contributed by atoms with Crippen LogP contribution in [0.3, 0.4) is 0 Å². The maximum atomic E-state index is 13.4. The fraction of sp³-hybridized carbons (Fsp3) is 0.385. The molecule has 0 radical (unpaired) electrons. The molecule has 0 unspecified atom stereocenters. The summed E-state index contributed by atoms with van der Waals surface area (Å²) in [7, 11) is 3.04. The van der Waals surface area contributed by atoms with Crippen LogP contribution in [-0.2, 0) is 14.3 Å². The molecular weight excluding hydrogens is 454 g/mol. The van der Waals surface area contributed by atoms with Crippen LogP contribution in [0.2, 0.25) is 0 Å². The van der Waals surface area contributed by atoms with Gasteiger partial charge in [0.1, 0.15) is 30.5 Å². The van der Waals surface area contributed by atoms with E-state index in [4.69, 9.17) is 23.7 Å². The molecule has 5 rings (SSSR count). The number of ketones is 1. The third-order valence-corrected chi connectivity index (χ3v) is 6.51. The average molecular weight is 482 g/mol. The Morgan fingerprint density at radius 2 is 1.83 bits per heavy atom. The Kier molecular flexibility index (Phi) is 6.25. The van der Waals surface area contributed by atoms with Crippen molar-refractivity contribution in [3.05, 3.63) is 53.1 Å². The van der Waals surface area contributed by atoms with Crippen molar-refractivity contribution in [1.29, 1.82) is 0 Å². The molecule has 35 heavy (non-hydrogen) atoms. The lowest BCUT2D eigenvalue weighted by Gasteiger charge is -2.28. The van der Waals surface area contributed by atoms with Crippen molar-refractivity contribution in [2.75, 3.05) is 40.6 Å². The number of ether oxygens (including phenoxy) is 5. The summed E-state index contributed by atoms with van der Waals surface area (Å²) in [6, 6.07) is 9.19. The standard InChI is InChI=1S/C26H27NO8/c1-31-16-6-8-19(32-2)18(13-16)23-22(25(29)26(30)27(23)14-17-4-3-9-33-17)24(28)15-5-7-20-21(12-15)35-11-10-34-20/h5-8,12-13,17,23,28H,3-4,9-11,14H2,1-2H3/t17-,23-/m1/s1. The number of nitrogens with zero attached hydrogens (tertiary/aromatic N) is 1. The van der Waals surface area contributed by atoms with Gasteiger partial charge < -0.3 is 33.7 Å². The van der Waals surface area contributed by atoms with E-state index in [1.165, 1.54) is 19.1 Å². The highest BCUT2D eigenvalue weighted by molar-refractivity contribution is 6.46. The molecule has 0 saturated carbocycles. The van der Waals surface area contributed by atoms with Crippen molar-refractivity contribution in [2.45, 2.75) is 25.0 Å². The molecule has 9 nitrogen and oxygen atoms in total. The molecule has 2 aromatic rings. The molecule has 3 aliphatic heterocycles. The van der Waals surface area contributed by atoms with E-state index in [0.29, 0.717) is 53.9 Å². The fourth-order valence-corrected chi connectivity index (χ4v) is 4.80. The molecule has 3 heterocycles. The number of Topliss-reactive ketones (excluding diaryl/α,β-unsaturated/α-hetero) is 1. The van der Waals surface area contributed by atoms with Gasteiger partial charge in [-0.1, -0.05) is 0 Å². The average Bonchev–Trinajstić information content (AvgIpc) is 3.50. The highest BCUT2D eigenvalue weighted by atomic mass is 16.6. The van der Waals surface area contributed by atoms with Gasteiger partial charge in [0.05, 0.1) is 31.9 Å². The second kappa shape index (κ2) is 9.50. The Bertz CT molecular complexity index is 1180. The predicted octanol–water partition coefficient (Wildman–Crippen LogP) is 3.08.